The molecule has 1 amide bonds. The first-order valence-corrected chi connectivity index (χ1v) is 11.1. The van der Waals surface area contributed by atoms with Gasteiger partial charge in [0.05, 0.1) is 27.2 Å². The molecule has 3 aromatic carbocycles. The van der Waals surface area contributed by atoms with Gasteiger partial charge < -0.3 is 0 Å². The summed E-state index contributed by atoms with van der Waals surface area (Å²) in [5.41, 5.74) is 2.66. The Hall–Kier alpha value is -4.10. The molecular formula is C26H18FN3O2S. The molecule has 4 aromatic rings. The van der Waals surface area contributed by atoms with E-state index in [1.165, 1.54) is 28.5 Å². The number of hydrazone groups is 1. The number of rotatable bonds is 3. The third-order valence-electron chi connectivity index (χ3n) is 5.24. The van der Waals surface area contributed by atoms with Crippen LogP contribution < -0.4 is 19.8 Å². The number of amides is 1. The summed E-state index contributed by atoms with van der Waals surface area (Å²) in [7, 11) is 0. The summed E-state index contributed by atoms with van der Waals surface area (Å²) < 4.78 is 15.8. The summed E-state index contributed by atoms with van der Waals surface area (Å²) in [5, 5.41) is 5.82. The number of para-hydroxylation sites is 2. The van der Waals surface area contributed by atoms with Gasteiger partial charge in [0.25, 0.3) is 11.5 Å². The van der Waals surface area contributed by atoms with Crippen LogP contribution in [0.5, 0.6) is 0 Å². The second kappa shape index (κ2) is 8.44. The van der Waals surface area contributed by atoms with Crippen molar-refractivity contribution in [3.8, 4) is 5.69 Å². The third-order valence-corrected chi connectivity index (χ3v) is 6.33. The lowest BCUT2D eigenvalue weighted by Crippen LogP contribution is -2.33. The van der Waals surface area contributed by atoms with Crippen LogP contribution in [-0.4, -0.2) is 16.2 Å². The molecule has 2 heterocycles. The lowest BCUT2D eigenvalue weighted by atomic mass is 10.2. The molecule has 1 aliphatic heterocycles. The van der Waals surface area contributed by atoms with Crippen molar-refractivity contribution >= 4 is 40.3 Å². The van der Waals surface area contributed by atoms with E-state index in [-0.39, 0.29) is 17.3 Å². The minimum Gasteiger partial charge on any atom is -0.267 e. The first-order valence-electron chi connectivity index (χ1n) is 10.3. The fraction of sp³-hybridized carbons (Fsp3) is 0.0385. The maximum absolute atomic E-state index is 13.5. The van der Waals surface area contributed by atoms with Gasteiger partial charge >= 0.3 is 0 Å². The predicted molar refractivity (Wildman–Crippen MR) is 130 cm³/mol. The molecule has 0 unspecified atom stereocenters. The molecule has 0 saturated heterocycles. The molecule has 0 atom stereocenters. The molecule has 162 valence electrons. The number of aromatic nitrogens is 1. The zero-order valence-electron chi connectivity index (χ0n) is 17.6. The SMILES string of the molecule is CC1=NN(c2ccccc2)C(=O)C1=c1sc(=Cc2ccc(F)cc2)c(=O)n1-c1ccccc1. The molecule has 0 saturated carbocycles. The van der Waals surface area contributed by atoms with Crippen LogP contribution in [-0.2, 0) is 4.79 Å². The van der Waals surface area contributed by atoms with E-state index in [1.54, 1.807) is 29.7 Å². The van der Waals surface area contributed by atoms with E-state index in [0.717, 1.165) is 0 Å². The molecule has 0 fully saturated rings. The molecule has 1 aromatic heterocycles. The molecule has 1 aliphatic rings. The number of carbonyl (C=O) groups excluding carboxylic acids is 1. The van der Waals surface area contributed by atoms with Gasteiger partial charge in [-0.05, 0) is 55.0 Å². The van der Waals surface area contributed by atoms with Gasteiger partial charge in [-0.25, -0.2) is 4.39 Å². The predicted octanol–water partition coefficient (Wildman–Crippen LogP) is 3.44. The fourth-order valence-electron chi connectivity index (χ4n) is 3.67. The molecular weight excluding hydrogens is 437 g/mol. The van der Waals surface area contributed by atoms with Crippen LogP contribution in [0.1, 0.15) is 12.5 Å². The van der Waals surface area contributed by atoms with Crippen molar-refractivity contribution in [2.45, 2.75) is 6.92 Å². The topological polar surface area (TPSA) is 54.7 Å². The van der Waals surface area contributed by atoms with Gasteiger partial charge in [0, 0.05) is 0 Å². The van der Waals surface area contributed by atoms with Crippen molar-refractivity contribution < 1.29 is 9.18 Å². The van der Waals surface area contributed by atoms with Gasteiger partial charge in [-0.3, -0.25) is 14.2 Å². The average Bonchev–Trinajstić information content (AvgIpc) is 3.31. The van der Waals surface area contributed by atoms with Gasteiger partial charge in [-0.15, -0.1) is 11.3 Å². The van der Waals surface area contributed by atoms with Gasteiger partial charge in [-0.1, -0.05) is 48.5 Å². The Balaban J connectivity index is 1.78. The summed E-state index contributed by atoms with van der Waals surface area (Å²) in [4.78, 5) is 26.9. The maximum Gasteiger partial charge on any atom is 0.283 e. The fourth-order valence-corrected chi connectivity index (χ4v) is 4.87. The Kier molecular flexibility index (Phi) is 5.32. The summed E-state index contributed by atoms with van der Waals surface area (Å²) in [6.07, 6.45) is 1.71. The number of halogens is 1. The number of hydrogen-bond acceptors (Lipinski definition) is 4. The molecule has 0 N–H and O–H groups in total. The lowest BCUT2D eigenvalue weighted by Gasteiger charge is -2.11. The summed E-state index contributed by atoms with van der Waals surface area (Å²) >= 11 is 1.22. The zero-order valence-corrected chi connectivity index (χ0v) is 18.4. The highest BCUT2D eigenvalue weighted by atomic mass is 32.1. The molecule has 33 heavy (non-hydrogen) atoms. The normalized spacial score (nSPS) is 15.8. The smallest absolute Gasteiger partial charge is 0.267 e. The number of hydrogen-bond donors (Lipinski definition) is 0. The van der Waals surface area contributed by atoms with E-state index < -0.39 is 0 Å². The number of benzene rings is 3. The highest BCUT2D eigenvalue weighted by molar-refractivity contribution is 7.08. The number of anilines is 1. The second-order valence-corrected chi connectivity index (χ2v) is 8.49. The Morgan fingerprint density at radius 1 is 0.848 bits per heavy atom. The molecule has 7 heteroatoms. The minimum atomic E-state index is -0.347. The van der Waals surface area contributed by atoms with E-state index in [1.807, 2.05) is 60.7 Å². The molecule has 5 rings (SSSR count). The standard InChI is InChI=1S/C26H18FN3O2S/c1-17-23(25(32)30(28-17)21-10-6-3-7-11-21)26-29(20-8-4-2-5-9-20)24(31)22(33-26)16-18-12-14-19(27)15-13-18/h2-16H,1H3. The van der Waals surface area contributed by atoms with E-state index in [9.17, 15) is 14.0 Å². The Morgan fingerprint density at radius 2 is 1.45 bits per heavy atom. The highest BCUT2D eigenvalue weighted by Crippen LogP contribution is 2.23. The first kappa shape index (κ1) is 20.8. The van der Waals surface area contributed by atoms with E-state index >= 15 is 0 Å². The van der Waals surface area contributed by atoms with E-state index in [4.69, 9.17) is 0 Å². The number of carbonyl (C=O) groups is 1. The van der Waals surface area contributed by atoms with E-state index in [0.29, 0.717) is 37.4 Å². The van der Waals surface area contributed by atoms with Crippen LogP contribution >= 0.6 is 11.3 Å². The third kappa shape index (κ3) is 3.83. The van der Waals surface area contributed by atoms with Crippen molar-refractivity contribution in [2.75, 3.05) is 5.01 Å². The zero-order chi connectivity index (χ0) is 22.9. The summed E-state index contributed by atoms with van der Waals surface area (Å²) in [6.45, 7) is 1.76. The van der Waals surface area contributed by atoms with Gasteiger partial charge in [0.2, 0.25) is 0 Å². The van der Waals surface area contributed by atoms with Crippen LogP contribution in [0.25, 0.3) is 17.3 Å². The monoisotopic (exact) mass is 455 g/mol. The van der Waals surface area contributed by atoms with Crippen molar-refractivity contribution in [3.63, 3.8) is 0 Å². The van der Waals surface area contributed by atoms with Crippen molar-refractivity contribution in [3.05, 3.63) is 116 Å². The van der Waals surface area contributed by atoms with Crippen molar-refractivity contribution in [1.29, 1.82) is 0 Å². The maximum atomic E-state index is 13.5. The minimum absolute atomic E-state index is 0.253. The Labute approximate surface area is 192 Å². The molecule has 0 radical (unpaired) electrons. The highest BCUT2D eigenvalue weighted by Gasteiger charge is 2.31. The van der Waals surface area contributed by atoms with Crippen LogP contribution in [0.3, 0.4) is 0 Å². The Bertz CT molecular complexity index is 1550. The largest absolute Gasteiger partial charge is 0.283 e. The molecule has 0 spiro atoms. The Morgan fingerprint density at radius 3 is 2.09 bits per heavy atom. The van der Waals surface area contributed by atoms with Crippen LogP contribution in [0.4, 0.5) is 10.1 Å². The average molecular weight is 456 g/mol. The van der Waals surface area contributed by atoms with Crippen LogP contribution in [0.2, 0.25) is 0 Å². The van der Waals surface area contributed by atoms with Crippen LogP contribution in [0, 0.1) is 5.82 Å². The summed E-state index contributed by atoms with van der Waals surface area (Å²) in [5.74, 6) is -0.640. The van der Waals surface area contributed by atoms with Crippen molar-refractivity contribution in [2.24, 2.45) is 5.10 Å². The number of nitrogens with zero attached hydrogens (tertiary/aromatic N) is 3. The quantitative estimate of drug-likeness (QED) is 0.475. The van der Waals surface area contributed by atoms with Gasteiger partial charge in [-0.2, -0.15) is 10.1 Å². The summed E-state index contributed by atoms with van der Waals surface area (Å²) in [6, 6.07) is 24.3. The van der Waals surface area contributed by atoms with Gasteiger partial charge in [0.1, 0.15) is 10.5 Å². The van der Waals surface area contributed by atoms with Gasteiger partial charge in [0.15, 0.2) is 0 Å². The lowest BCUT2D eigenvalue weighted by molar-refractivity contribution is -0.112. The van der Waals surface area contributed by atoms with E-state index in [2.05, 4.69) is 5.10 Å². The van der Waals surface area contributed by atoms with Crippen molar-refractivity contribution in [1.82, 2.24) is 4.57 Å². The molecule has 5 nitrogen and oxygen atoms in total. The van der Waals surface area contributed by atoms with Crippen LogP contribution in [0.15, 0.2) is 94.8 Å². The number of thiazole rings is 1. The first-order chi connectivity index (χ1) is 16.0. The molecule has 0 bridgehead atoms. The second-order valence-electron chi connectivity index (χ2n) is 7.46. The molecule has 0 aliphatic carbocycles.